The number of aromatic carboxylic acids is 1. The van der Waals surface area contributed by atoms with Crippen molar-refractivity contribution < 1.29 is 19.2 Å². The average Bonchev–Trinajstić information content (AvgIpc) is 2.85. The van der Waals surface area contributed by atoms with E-state index in [0.717, 1.165) is 17.8 Å². The lowest BCUT2D eigenvalue weighted by Gasteiger charge is -2.03. The van der Waals surface area contributed by atoms with Crippen molar-refractivity contribution in [2.24, 2.45) is 0 Å². The maximum atomic E-state index is 13.7. The van der Waals surface area contributed by atoms with E-state index in [-0.39, 0.29) is 4.90 Å². The molecule has 0 aliphatic carbocycles. The fraction of sp³-hybridized carbons (Fsp3) is 0.100. The number of carbonyl (C=O) groups is 1. The van der Waals surface area contributed by atoms with Gasteiger partial charge in [0.25, 0.3) is 5.69 Å². The molecule has 7 nitrogen and oxygen atoms in total. The van der Waals surface area contributed by atoms with Gasteiger partial charge in [0.15, 0.2) is 8.68 Å². The minimum Gasteiger partial charge on any atom is -0.478 e. The van der Waals surface area contributed by atoms with Crippen molar-refractivity contribution in [2.45, 2.75) is 13.6 Å². The van der Waals surface area contributed by atoms with Crippen LogP contribution >= 0.6 is 34.9 Å². The fourth-order valence-corrected chi connectivity index (χ4v) is 3.85. The first-order valence-electron chi connectivity index (χ1n) is 5.19. The first-order valence-corrected chi connectivity index (χ1v) is 8.04. The number of carboxylic acid groups (broad SMARTS) is 1. The summed E-state index contributed by atoms with van der Waals surface area (Å²) in [5.41, 5.74) is -1.23. The van der Waals surface area contributed by atoms with Crippen molar-refractivity contribution in [3.05, 3.63) is 33.6 Å². The molecule has 0 atom stereocenters. The van der Waals surface area contributed by atoms with Crippen LogP contribution in [0.4, 0.5) is 10.1 Å². The SMILES string of the molecule is CSc1nnc(Sc2cc(F)c(C(=O)O)cc2[N+](=O)[O-])s1. The Hall–Kier alpha value is -1.72. The van der Waals surface area contributed by atoms with E-state index >= 15 is 0 Å². The van der Waals surface area contributed by atoms with Crippen molar-refractivity contribution in [1.82, 2.24) is 10.2 Å². The molecule has 0 saturated heterocycles. The van der Waals surface area contributed by atoms with Gasteiger partial charge in [-0.2, -0.15) is 0 Å². The van der Waals surface area contributed by atoms with Gasteiger partial charge in [-0.3, -0.25) is 10.1 Å². The largest absolute Gasteiger partial charge is 0.478 e. The van der Waals surface area contributed by atoms with Gasteiger partial charge in [-0.1, -0.05) is 23.1 Å². The molecule has 0 radical (unpaired) electrons. The number of nitro groups is 1. The second-order valence-electron chi connectivity index (χ2n) is 3.50. The van der Waals surface area contributed by atoms with Crippen molar-refractivity contribution in [2.75, 3.05) is 6.26 Å². The molecule has 0 aliphatic rings. The lowest BCUT2D eigenvalue weighted by Crippen LogP contribution is -2.03. The van der Waals surface area contributed by atoms with Crippen LogP contribution in [0.25, 0.3) is 0 Å². The molecule has 110 valence electrons. The highest BCUT2D eigenvalue weighted by Gasteiger charge is 2.23. The molecule has 1 aromatic carbocycles. The van der Waals surface area contributed by atoms with Crippen molar-refractivity contribution in [1.29, 1.82) is 0 Å². The maximum absolute atomic E-state index is 13.7. The topological polar surface area (TPSA) is 106 Å². The number of nitro benzene ring substituents is 1. The third-order valence-electron chi connectivity index (χ3n) is 2.24. The van der Waals surface area contributed by atoms with Gasteiger partial charge in [0.2, 0.25) is 0 Å². The van der Waals surface area contributed by atoms with Crippen LogP contribution in [0, 0.1) is 15.9 Å². The zero-order chi connectivity index (χ0) is 15.6. The van der Waals surface area contributed by atoms with E-state index in [1.165, 1.54) is 23.1 Å². The Labute approximate surface area is 129 Å². The number of aromatic nitrogens is 2. The van der Waals surface area contributed by atoms with Gasteiger partial charge in [0.05, 0.1) is 9.82 Å². The molecule has 2 rings (SSSR count). The van der Waals surface area contributed by atoms with Crippen molar-refractivity contribution in [3.8, 4) is 0 Å². The molecule has 0 unspecified atom stereocenters. The standard InChI is InChI=1S/C10H6FN3O4S3/c1-19-9-12-13-10(21-9)20-7-3-5(11)4(8(15)16)2-6(7)14(17)18/h2-3H,1H3,(H,15,16). The minimum absolute atomic E-state index is 0.0219. The summed E-state index contributed by atoms with van der Waals surface area (Å²) in [6, 6.07) is 1.53. The van der Waals surface area contributed by atoms with Gasteiger partial charge >= 0.3 is 5.97 Å². The van der Waals surface area contributed by atoms with E-state index in [1.54, 1.807) is 6.26 Å². The van der Waals surface area contributed by atoms with E-state index in [9.17, 15) is 19.3 Å². The summed E-state index contributed by atoms with van der Waals surface area (Å²) in [6.45, 7) is 0. The predicted octanol–water partition coefficient (Wildman–Crippen LogP) is 3.16. The maximum Gasteiger partial charge on any atom is 0.338 e. The van der Waals surface area contributed by atoms with Gasteiger partial charge < -0.3 is 5.11 Å². The van der Waals surface area contributed by atoms with E-state index in [1.807, 2.05) is 0 Å². The molecule has 0 saturated carbocycles. The molecular weight excluding hydrogens is 341 g/mol. The van der Waals surface area contributed by atoms with Crippen molar-refractivity contribution >= 4 is 46.5 Å². The van der Waals surface area contributed by atoms with Crippen LogP contribution in [0.1, 0.15) is 10.4 Å². The first kappa shape index (κ1) is 15.7. The highest BCUT2D eigenvalue weighted by molar-refractivity contribution is 8.03. The van der Waals surface area contributed by atoms with E-state index in [0.29, 0.717) is 14.7 Å². The first-order chi connectivity index (χ1) is 9.92. The van der Waals surface area contributed by atoms with Gasteiger partial charge in [-0.15, -0.1) is 10.2 Å². The summed E-state index contributed by atoms with van der Waals surface area (Å²) in [7, 11) is 0. The van der Waals surface area contributed by atoms with E-state index in [4.69, 9.17) is 5.11 Å². The fourth-order valence-electron chi connectivity index (χ4n) is 1.35. The number of carboxylic acids is 1. The number of hydrogen-bond donors (Lipinski definition) is 1. The number of nitrogens with zero attached hydrogens (tertiary/aromatic N) is 3. The van der Waals surface area contributed by atoms with E-state index in [2.05, 4.69) is 10.2 Å². The molecule has 1 N–H and O–H groups in total. The molecule has 0 amide bonds. The number of rotatable bonds is 5. The zero-order valence-electron chi connectivity index (χ0n) is 10.3. The smallest absolute Gasteiger partial charge is 0.338 e. The molecule has 0 spiro atoms. The number of hydrogen-bond acceptors (Lipinski definition) is 8. The molecule has 0 bridgehead atoms. The average molecular weight is 347 g/mol. The van der Waals surface area contributed by atoms with Crippen LogP contribution < -0.4 is 0 Å². The van der Waals surface area contributed by atoms with Gasteiger partial charge in [0, 0.05) is 6.07 Å². The number of benzene rings is 1. The van der Waals surface area contributed by atoms with Crippen LogP contribution in [0.2, 0.25) is 0 Å². The summed E-state index contributed by atoms with van der Waals surface area (Å²) in [5.74, 6) is -2.60. The quantitative estimate of drug-likeness (QED) is 0.499. The van der Waals surface area contributed by atoms with Crippen LogP contribution in [-0.2, 0) is 0 Å². The van der Waals surface area contributed by atoms with Crippen molar-refractivity contribution in [3.63, 3.8) is 0 Å². The Bertz CT molecular complexity index is 722. The molecule has 0 aliphatic heterocycles. The lowest BCUT2D eigenvalue weighted by molar-refractivity contribution is -0.387. The Morgan fingerprint density at radius 2 is 2.10 bits per heavy atom. The third kappa shape index (κ3) is 3.49. The molecule has 11 heteroatoms. The Balaban J connectivity index is 2.44. The van der Waals surface area contributed by atoms with Gasteiger partial charge in [0.1, 0.15) is 11.4 Å². The number of thioether (sulfide) groups is 1. The van der Waals surface area contributed by atoms with E-state index < -0.39 is 28.0 Å². The summed E-state index contributed by atoms with van der Waals surface area (Å²) >= 11 is 3.44. The molecular formula is C10H6FN3O4S3. The zero-order valence-corrected chi connectivity index (χ0v) is 12.7. The van der Waals surface area contributed by atoms with Gasteiger partial charge in [-0.25, -0.2) is 9.18 Å². The predicted molar refractivity (Wildman–Crippen MR) is 75.8 cm³/mol. The van der Waals surface area contributed by atoms with Crippen LogP contribution in [0.15, 0.2) is 25.7 Å². The minimum atomic E-state index is -1.56. The highest BCUT2D eigenvalue weighted by Crippen LogP contribution is 2.38. The molecule has 1 aromatic heterocycles. The molecule has 0 fully saturated rings. The Morgan fingerprint density at radius 3 is 2.62 bits per heavy atom. The second-order valence-corrected chi connectivity index (χ2v) is 6.82. The normalized spacial score (nSPS) is 10.6. The second kappa shape index (κ2) is 6.37. The summed E-state index contributed by atoms with van der Waals surface area (Å²) in [6.07, 6.45) is 1.80. The Morgan fingerprint density at radius 1 is 1.43 bits per heavy atom. The van der Waals surface area contributed by atoms with Crippen LogP contribution in [0.5, 0.6) is 0 Å². The molecule has 21 heavy (non-hydrogen) atoms. The third-order valence-corrected chi connectivity index (χ3v) is 5.23. The summed E-state index contributed by atoms with van der Waals surface area (Å²) in [4.78, 5) is 21.0. The summed E-state index contributed by atoms with van der Waals surface area (Å²) in [5, 5.41) is 27.4. The van der Waals surface area contributed by atoms with Crippen LogP contribution in [0.3, 0.4) is 0 Å². The van der Waals surface area contributed by atoms with Crippen LogP contribution in [-0.4, -0.2) is 32.5 Å². The number of halogens is 1. The Kier molecular flexibility index (Phi) is 4.75. The van der Waals surface area contributed by atoms with Gasteiger partial charge in [-0.05, 0) is 24.1 Å². The lowest BCUT2D eigenvalue weighted by atomic mass is 10.2. The monoisotopic (exact) mass is 347 g/mol. The molecule has 2 aromatic rings. The molecule has 1 heterocycles. The highest BCUT2D eigenvalue weighted by atomic mass is 32.2. The summed E-state index contributed by atoms with van der Waals surface area (Å²) < 4.78 is 14.7.